The lowest BCUT2D eigenvalue weighted by Crippen LogP contribution is -2.35. The molecule has 26 heavy (non-hydrogen) atoms. The van der Waals surface area contributed by atoms with E-state index in [4.69, 9.17) is 14.3 Å². The summed E-state index contributed by atoms with van der Waals surface area (Å²) >= 11 is 0. The van der Waals surface area contributed by atoms with Crippen molar-refractivity contribution in [2.24, 2.45) is 0 Å². The molecular formula is C17H25N3O6. The second-order valence-electron chi connectivity index (χ2n) is 5.23. The predicted molar refractivity (Wildman–Crippen MR) is 92.3 cm³/mol. The van der Waals surface area contributed by atoms with Crippen LogP contribution in [0.25, 0.3) is 0 Å². The molecule has 1 rings (SSSR count). The molecule has 0 fully saturated rings. The van der Waals surface area contributed by atoms with E-state index in [2.05, 4.69) is 9.97 Å². The summed E-state index contributed by atoms with van der Waals surface area (Å²) < 4.78 is 9.78. The Morgan fingerprint density at radius 1 is 1.12 bits per heavy atom. The normalized spacial score (nSPS) is 10.3. The number of rotatable bonds is 10. The highest BCUT2D eigenvalue weighted by Gasteiger charge is 2.28. The number of hydroxylamine groups is 1. The smallest absolute Gasteiger partial charge is 0.343 e. The summed E-state index contributed by atoms with van der Waals surface area (Å²) in [4.78, 5) is 50.0. The Bertz CT molecular complexity index is 635. The highest BCUT2D eigenvalue weighted by atomic mass is 16.7. The number of aromatic nitrogens is 2. The number of ether oxygens (including phenoxy) is 2. The van der Waals surface area contributed by atoms with E-state index in [0.717, 1.165) is 11.5 Å². The Hall–Kier alpha value is -2.55. The van der Waals surface area contributed by atoms with E-state index in [1.54, 1.807) is 20.8 Å². The van der Waals surface area contributed by atoms with E-state index < -0.39 is 24.3 Å². The molecule has 0 spiro atoms. The largest absolute Gasteiger partial charge is 0.466 e. The highest BCUT2D eigenvalue weighted by Crippen LogP contribution is 2.20. The van der Waals surface area contributed by atoms with Crippen LogP contribution in [0.3, 0.4) is 0 Å². The third-order valence-corrected chi connectivity index (χ3v) is 3.12. The monoisotopic (exact) mass is 367 g/mol. The van der Waals surface area contributed by atoms with Crippen molar-refractivity contribution in [3.05, 3.63) is 17.6 Å². The predicted octanol–water partition coefficient (Wildman–Crippen LogP) is 1.98. The van der Waals surface area contributed by atoms with Crippen LogP contribution in [0.4, 0.5) is 5.82 Å². The fourth-order valence-corrected chi connectivity index (χ4v) is 1.92. The first-order valence-corrected chi connectivity index (χ1v) is 8.56. The van der Waals surface area contributed by atoms with E-state index in [1.165, 1.54) is 6.20 Å². The molecule has 1 aromatic rings. The maximum Gasteiger partial charge on any atom is 0.343 e. The number of esters is 2. The first-order chi connectivity index (χ1) is 12.4. The Labute approximate surface area is 152 Å². The van der Waals surface area contributed by atoms with Gasteiger partial charge >= 0.3 is 11.9 Å². The van der Waals surface area contributed by atoms with Crippen molar-refractivity contribution >= 4 is 23.7 Å². The first kappa shape index (κ1) is 21.5. The minimum absolute atomic E-state index is 0.0221. The molecule has 1 aromatic heterocycles. The number of nitrogens with zero attached hydrogens (tertiary/aromatic N) is 3. The Balaban J connectivity index is 3.19. The van der Waals surface area contributed by atoms with Crippen LogP contribution < -0.4 is 5.06 Å². The zero-order chi connectivity index (χ0) is 19.5. The minimum Gasteiger partial charge on any atom is -0.466 e. The molecule has 0 saturated heterocycles. The van der Waals surface area contributed by atoms with Crippen molar-refractivity contribution in [1.29, 1.82) is 0 Å². The van der Waals surface area contributed by atoms with Gasteiger partial charge in [0, 0.05) is 6.20 Å². The molecule has 0 aromatic carbocycles. The maximum absolute atomic E-state index is 12.6. The topological polar surface area (TPSA) is 108 Å². The Morgan fingerprint density at radius 2 is 1.81 bits per heavy atom. The van der Waals surface area contributed by atoms with Gasteiger partial charge in [-0.2, -0.15) is 5.06 Å². The van der Waals surface area contributed by atoms with Crippen LogP contribution in [0, 0.1) is 6.92 Å². The van der Waals surface area contributed by atoms with Crippen LogP contribution >= 0.6 is 0 Å². The van der Waals surface area contributed by atoms with Crippen molar-refractivity contribution in [3.8, 4) is 0 Å². The molecular weight excluding hydrogens is 342 g/mol. The zero-order valence-electron chi connectivity index (χ0n) is 15.6. The molecule has 0 atom stereocenters. The Morgan fingerprint density at radius 3 is 2.42 bits per heavy atom. The van der Waals surface area contributed by atoms with Crippen molar-refractivity contribution in [1.82, 2.24) is 9.97 Å². The minimum atomic E-state index is -0.691. The highest BCUT2D eigenvalue weighted by molar-refractivity contribution is 6.05. The number of carbonyl (C=O) groups excluding carboxylic acids is 3. The standard InChI is InChI=1S/C17H25N3O6/c1-5-8-9-26-20(14(21)10-15(22)24-6-2)16-13(17(23)25-7-3)11-18-12(4)19-16/h11H,5-10H2,1-4H3. The van der Waals surface area contributed by atoms with Crippen molar-refractivity contribution in [3.63, 3.8) is 0 Å². The van der Waals surface area contributed by atoms with Gasteiger partial charge in [0.2, 0.25) is 0 Å². The van der Waals surface area contributed by atoms with Crippen molar-refractivity contribution in [2.75, 3.05) is 24.9 Å². The van der Waals surface area contributed by atoms with Gasteiger partial charge in [-0.3, -0.25) is 14.4 Å². The summed E-state index contributed by atoms with van der Waals surface area (Å²) in [5, 5.41) is 0.855. The SMILES string of the molecule is CCCCON(C(=O)CC(=O)OCC)c1nc(C)ncc1C(=O)OCC. The van der Waals surface area contributed by atoms with Gasteiger partial charge in [0.25, 0.3) is 5.91 Å². The molecule has 0 aliphatic carbocycles. The number of hydrogen-bond donors (Lipinski definition) is 0. The van der Waals surface area contributed by atoms with E-state index in [-0.39, 0.29) is 31.2 Å². The van der Waals surface area contributed by atoms with E-state index in [0.29, 0.717) is 12.2 Å². The molecule has 0 aliphatic heterocycles. The molecule has 1 heterocycles. The van der Waals surface area contributed by atoms with Crippen molar-refractivity contribution in [2.45, 2.75) is 47.0 Å². The summed E-state index contributed by atoms with van der Waals surface area (Å²) in [6, 6.07) is 0. The summed E-state index contributed by atoms with van der Waals surface area (Å²) in [6.45, 7) is 7.41. The second-order valence-corrected chi connectivity index (χ2v) is 5.23. The van der Waals surface area contributed by atoms with Gasteiger partial charge in [-0.25, -0.2) is 14.8 Å². The molecule has 1 amide bonds. The van der Waals surface area contributed by atoms with E-state index in [9.17, 15) is 14.4 Å². The maximum atomic E-state index is 12.6. The van der Waals surface area contributed by atoms with Gasteiger partial charge in [0.15, 0.2) is 5.82 Å². The fraction of sp³-hybridized carbons (Fsp3) is 0.588. The van der Waals surface area contributed by atoms with Crippen LogP contribution in [-0.2, 0) is 23.9 Å². The number of amides is 1. The third kappa shape index (κ3) is 6.40. The number of carbonyl (C=O) groups is 3. The molecule has 9 nitrogen and oxygen atoms in total. The summed E-state index contributed by atoms with van der Waals surface area (Å²) in [5.74, 6) is -1.79. The van der Waals surface area contributed by atoms with Gasteiger partial charge in [0.1, 0.15) is 17.8 Å². The van der Waals surface area contributed by atoms with Gasteiger partial charge < -0.3 is 9.47 Å². The van der Waals surface area contributed by atoms with Gasteiger partial charge in [-0.05, 0) is 27.2 Å². The lowest BCUT2D eigenvalue weighted by atomic mass is 10.3. The Kier molecular flexibility index (Phi) is 9.21. The van der Waals surface area contributed by atoms with Crippen LogP contribution in [0.5, 0.6) is 0 Å². The summed E-state index contributed by atoms with van der Waals surface area (Å²) in [6.07, 6.45) is 2.25. The number of anilines is 1. The molecule has 9 heteroatoms. The fourth-order valence-electron chi connectivity index (χ4n) is 1.92. The molecule has 0 saturated carbocycles. The van der Waals surface area contributed by atoms with Crippen LogP contribution in [0.15, 0.2) is 6.20 Å². The quantitative estimate of drug-likeness (QED) is 0.267. The van der Waals surface area contributed by atoms with Crippen LogP contribution in [0.1, 0.15) is 56.2 Å². The van der Waals surface area contributed by atoms with Gasteiger partial charge in [0.05, 0.1) is 19.8 Å². The van der Waals surface area contributed by atoms with Gasteiger partial charge in [-0.1, -0.05) is 13.3 Å². The molecule has 0 N–H and O–H groups in total. The molecule has 0 radical (unpaired) electrons. The first-order valence-electron chi connectivity index (χ1n) is 8.56. The average Bonchev–Trinajstić information content (AvgIpc) is 2.59. The summed E-state index contributed by atoms with van der Waals surface area (Å²) in [5.41, 5.74) is -0.0221. The lowest BCUT2D eigenvalue weighted by molar-refractivity contribution is -0.147. The molecule has 0 bridgehead atoms. The average molecular weight is 367 g/mol. The van der Waals surface area contributed by atoms with E-state index >= 15 is 0 Å². The molecule has 144 valence electrons. The molecule has 0 aliphatic rings. The van der Waals surface area contributed by atoms with Crippen LogP contribution in [0.2, 0.25) is 0 Å². The van der Waals surface area contributed by atoms with Gasteiger partial charge in [-0.15, -0.1) is 0 Å². The number of unbranched alkanes of at least 4 members (excludes halogenated alkanes) is 1. The zero-order valence-corrected chi connectivity index (χ0v) is 15.6. The lowest BCUT2D eigenvalue weighted by Gasteiger charge is -2.22. The summed E-state index contributed by atoms with van der Waals surface area (Å²) in [7, 11) is 0. The van der Waals surface area contributed by atoms with E-state index in [1.807, 2.05) is 6.92 Å². The number of aryl methyl sites for hydroxylation is 1. The third-order valence-electron chi connectivity index (χ3n) is 3.12. The van der Waals surface area contributed by atoms with Crippen molar-refractivity contribution < 1.29 is 28.7 Å². The van der Waals surface area contributed by atoms with Crippen LogP contribution in [-0.4, -0.2) is 47.6 Å². The molecule has 0 unspecified atom stereocenters. The number of hydrogen-bond acceptors (Lipinski definition) is 8. The second kappa shape index (κ2) is 11.1.